The van der Waals surface area contributed by atoms with Gasteiger partial charge < -0.3 is 19.0 Å². The molecule has 1 unspecified atom stereocenters. The Morgan fingerprint density at radius 1 is 1.22 bits per heavy atom. The van der Waals surface area contributed by atoms with Gasteiger partial charge in [0.25, 0.3) is 5.91 Å². The minimum Gasteiger partial charge on any atom is -0.491 e. The van der Waals surface area contributed by atoms with Crippen molar-refractivity contribution in [3.8, 4) is 5.75 Å². The normalized spacial score (nSPS) is 15.5. The molecule has 0 N–H and O–H groups in total. The van der Waals surface area contributed by atoms with Gasteiger partial charge in [0.2, 0.25) is 5.91 Å². The number of fused-ring (bicyclic) bond motifs is 1. The number of amides is 2. The summed E-state index contributed by atoms with van der Waals surface area (Å²) in [6.45, 7) is 6.79. The molecule has 3 heterocycles. The van der Waals surface area contributed by atoms with E-state index in [0.717, 1.165) is 23.3 Å². The van der Waals surface area contributed by atoms with Gasteiger partial charge in [-0.3, -0.25) is 9.59 Å². The van der Waals surface area contributed by atoms with Crippen molar-refractivity contribution in [3.63, 3.8) is 0 Å². The second kappa shape index (κ2) is 9.61. The molecule has 0 radical (unpaired) electrons. The predicted molar refractivity (Wildman–Crippen MR) is 124 cm³/mol. The molecule has 32 heavy (non-hydrogen) atoms. The van der Waals surface area contributed by atoms with Gasteiger partial charge in [0.15, 0.2) is 5.76 Å². The fourth-order valence-corrected chi connectivity index (χ4v) is 4.96. The lowest BCUT2D eigenvalue weighted by atomic mass is 10.00. The minimum absolute atomic E-state index is 0.00245. The first kappa shape index (κ1) is 22.1. The number of para-hydroxylation sites is 1. The predicted octanol–water partition coefficient (Wildman–Crippen LogP) is 4.71. The van der Waals surface area contributed by atoms with Gasteiger partial charge in [-0.15, -0.1) is 11.3 Å². The molecule has 2 aromatic heterocycles. The molecule has 0 bridgehead atoms. The lowest BCUT2D eigenvalue weighted by Crippen LogP contribution is -2.49. The topological polar surface area (TPSA) is 63.0 Å². The van der Waals surface area contributed by atoms with E-state index >= 15 is 0 Å². The summed E-state index contributed by atoms with van der Waals surface area (Å²) in [7, 11) is 0. The molecule has 0 saturated carbocycles. The summed E-state index contributed by atoms with van der Waals surface area (Å²) in [6.07, 6.45) is 2.28. The molecule has 1 atom stereocenters. The van der Waals surface area contributed by atoms with Gasteiger partial charge in [0.05, 0.1) is 12.3 Å². The molecule has 0 aliphatic carbocycles. The Morgan fingerprint density at radius 3 is 2.75 bits per heavy atom. The zero-order valence-electron chi connectivity index (χ0n) is 18.6. The molecule has 1 aliphatic rings. The standard InChI is InChI=1S/C25H28N2O4S/c1-17(2)27(25(29)22-9-6-13-30-22)15-24(28)26-12-10-23-19(11-14-32-23)20(26)16-31-21-8-5-4-7-18(21)3/h4-9,11,13-14,17,20H,10,12,15-16H2,1-3H3. The molecule has 6 nitrogen and oxygen atoms in total. The van der Waals surface area contributed by atoms with E-state index in [4.69, 9.17) is 9.15 Å². The van der Waals surface area contributed by atoms with E-state index in [-0.39, 0.29) is 36.2 Å². The molecule has 2 amide bonds. The summed E-state index contributed by atoms with van der Waals surface area (Å²) in [5, 5.41) is 2.07. The lowest BCUT2D eigenvalue weighted by Gasteiger charge is -2.37. The molecule has 3 aromatic rings. The average molecular weight is 453 g/mol. The molecule has 7 heteroatoms. The van der Waals surface area contributed by atoms with Crippen LogP contribution in [-0.4, -0.2) is 47.4 Å². The number of ether oxygens (including phenoxy) is 1. The van der Waals surface area contributed by atoms with Gasteiger partial charge in [0.1, 0.15) is 18.9 Å². The summed E-state index contributed by atoms with van der Waals surface area (Å²) in [5.41, 5.74) is 2.19. The SMILES string of the molecule is Cc1ccccc1OCC1c2ccsc2CCN1C(=O)CN(C(=O)c1ccco1)C(C)C. The summed E-state index contributed by atoms with van der Waals surface area (Å²) in [4.78, 5) is 31.1. The van der Waals surface area contributed by atoms with Crippen LogP contribution in [0.1, 0.15) is 46.4 Å². The molecule has 1 aromatic carbocycles. The lowest BCUT2D eigenvalue weighted by molar-refractivity contribution is -0.136. The Kier molecular flexibility index (Phi) is 6.65. The first-order chi connectivity index (χ1) is 15.5. The van der Waals surface area contributed by atoms with Gasteiger partial charge in [-0.25, -0.2) is 0 Å². The molecular formula is C25H28N2O4S. The van der Waals surface area contributed by atoms with Crippen LogP contribution in [0, 0.1) is 6.92 Å². The first-order valence-corrected chi connectivity index (χ1v) is 11.7. The quantitative estimate of drug-likeness (QED) is 0.521. The van der Waals surface area contributed by atoms with E-state index in [1.165, 1.54) is 11.1 Å². The fourth-order valence-electron chi connectivity index (χ4n) is 4.03. The van der Waals surface area contributed by atoms with Crippen molar-refractivity contribution >= 4 is 23.2 Å². The number of rotatable bonds is 7. The highest BCUT2D eigenvalue weighted by Gasteiger charge is 2.34. The van der Waals surface area contributed by atoms with E-state index < -0.39 is 0 Å². The monoisotopic (exact) mass is 452 g/mol. The molecule has 1 aliphatic heterocycles. The van der Waals surface area contributed by atoms with Gasteiger partial charge in [-0.1, -0.05) is 18.2 Å². The number of hydrogen-bond acceptors (Lipinski definition) is 5. The first-order valence-electron chi connectivity index (χ1n) is 10.8. The number of hydrogen-bond donors (Lipinski definition) is 0. The summed E-state index contributed by atoms with van der Waals surface area (Å²) in [5.74, 6) is 0.692. The highest BCUT2D eigenvalue weighted by atomic mass is 32.1. The van der Waals surface area contributed by atoms with Crippen molar-refractivity contribution in [1.82, 2.24) is 9.80 Å². The Labute approximate surface area is 192 Å². The third kappa shape index (κ3) is 4.58. The van der Waals surface area contributed by atoms with E-state index in [0.29, 0.717) is 13.2 Å². The van der Waals surface area contributed by atoms with Crippen molar-refractivity contribution in [1.29, 1.82) is 0 Å². The maximum atomic E-state index is 13.5. The second-order valence-corrected chi connectivity index (χ2v) is 9.23. The molecule has 0 saturated heterocycles. The van der Waals surface area contributed by atoms with E-state index in [2.05, 4.69) is 11.4 Å². The number of benzene rings is 1. The number of carbonyl (C=O) groups is 2. The van der Waals surface area contributed by atoms with Crippen LogP contribution >= 0.6 is 11.3 Å². The summed E-state index contributed by atoms with van der Waals surface area (Å²) in [6, 6.07) is 12.9. The van der Waals surface area contributed by atoms with Gasteiger partial charge >= 0.3 is 0 Å². The van der Waals surface area contributed by atoms with Crippen molar-refractivity contribution in [2.24, 2.45) is 0 Å². The van der Waals surface area contributed by atoms with E-state index in [1.807, 2.05) is 49.9 Å². The average Bonchev–Trinajstić information content (AvgIpc) is 3.48. The van der Waals surface area contributed by atoms with Crippen LogP contribution in [0.4, 0.5) is 0 Å². The maximum Gasteiger partial charge on any atom is 0.290 e. The molecule has 168 valence electrons. The smallest absolute Gasteiger partial charge is 0.290 e. The van der Waals surface area contributed by atoms with Crippen LogP contribution < -0.4 is 4.74 Å². The van der Waals surface area contributed by atoms with Crippen LogP contribution in [0.25, 0.3) is 0 Å². The highest BCUT2D eigenvalue weighted by molar-refractivity contribution is 7.10. The Hall–Kier alpha value is -3.06. The number of aryl methyl sites for hydroxylation is 1. The van der Waals surface area contributed by atoms with Crippen LogP contribution in [-0.2, 0) is 11.2 Å². The van der Waals surface area contributed by atoms with Crippen LogP contribution in [0.5, 0.6) is 5.75 Å². The minimum atomic E-state index is -0.278. The Bertz CT molecular complexity index is 1070. The summed E-state index contributed by atoms with van der Waals surface area (Å²) < 4.78 is 11.4. The zero-order valence-corrected chi connectivity index (χ0v) is 19.4. The largest absolute Gasteiger partial charge is 0.491 e. The van der Waals surface area contributed by atoms with Gasteiger partial charge in [-0.2, -0.15) is 0 Å². The fraction of sp³-hybridized carbons (Fsp3) is 0.360. The summed E-state index contributed by atoms with van der Waals surface area (Å²) >= 11 is 1.72. The number of furan rings is 1. The second-order valence-electron chi connectivity index (χ2n) is 8.23. The van der Waals surface area contributed by atoms with Gasteiger partial charge in [-0.05, 0) is 68.0 Å². The van der Waals surface area contributed by atoms with E-state index in [9.17, 15) is 9.59 Å². The number of thiophene rings is 1. The molecule has 0 spiro atoms. The number of carbonyl (C=O) groups excluding carboxylic acids is 2. The zero-order chi connectivity index (χ0) is 22.7. The van der Waals surface area contributed by atoms with E-state index in [1.54, 1.807) is 28.4 Å². The van der Waals surface area contributed by atoms with Crippen LogP contribution in [0.2, 0.25) is 0 Å². The third-order valence-electron chi connectivity index (χ3n) is 5.83. The van der Waals surface area contributed by atoms with Crippen molar-refractivity contribution < 1.29 is 18.7 Å². The Morgan fingerprint density at radius 2 is 2.03 bits per heavy atom. The van der Waals surface area contributed by atoms with Crippen molar-refractivity contribution in [2.45, 2.75) is 39.3 Å². The van der Waals surface area contributed by atoms with Crippen LogP contribution in [0.3, 0.4) is 0 Å². The molecular weight excluding hydrogens is 424 g/mol. The van der Waals surface area contributed by atoms with Crippen molar-refractivity contribution in [2.75, 3.05) is 19.7 Å². The molecule has 0 fully saturated rings. The van der Waals surface area contributed by atoms with Gasteiger partial charge in [0, 0.05) is 17.5 Å². The Balaban J connectivity index is 1.53. The van der Waals surface area contributed by atoms with Crippen molar-refractivity contribution in [3.05, 3.63) is 75.9 Å². The highest BCUT2D eigenvalue weighted by Crippen LogP contribution is 2.34. The van der Waals surface area contributed by atoms with Crippen LogP contribution in [0.15, 0.2) is 58.5 Å². The molecule has 4 rings (SSSR count). The number of nitrogens with zero attached hydrogens (tertiary/aromatic N) is 2. The maximum absolute atomic E-state index is 13.5. The third-order valence-corrected chi connectivity index (χ3v) is 6.82.